The first-order valence-corrected chi connectivity index (χ1v) is 8.90. The van der Waals surface area contributed by atoms with Crippen LogP contribution >= 0.6 is 27.3 Å². The van der Waals surface area contributed by atoms with E-state index in [0.717, 1.165) is 26.9 Å². The number of nitrogens with one attached hydrogen (secondary N) is 1. The molecule has 0 atom stereocenters. The Morgan fingerprint density at radius 2 is 2.17 bits per heavy atom. The number of benzene rings is 1. The van der Waals surface area contributed by atoms with Crippen molar-refractivity contribution in [2.75, 3.05) is 13.7 Å². The zero-order chi connectivity index (χ0) is 16.2. The fourth-order valence-corrected chi connectivity index (χ4v) is 3.95. The molecule has 0 unspecified atom stereocenters. The van der Waals surface area contributed by atoms with Crippen LogP contribution in [0.3, 0.4) is 0 Å². The number of rotatable bonds is 6. The van der Waals surface area contributed by atoms with E-state index in [0.29, 0.717) is 13.1 Å². The van der Waals surface area contributed by atoms with E-state index in [9.17, 15) is 4.79 Å². The number of hydrogen-bond donors (Lipinski definition) is 1. The van der Waals surface area contributed by atoms with Gasteiger partial charge in [-0.3, -0.25) is 4.79 Å². The number of carbonyl (C=O) groups excluding carboxylic acids is 1. The van der Waals surface area contributed by atoms with Gasteiger partial charge in [-0.1, -0.05) is 0 Å². The second kappa shape index (κ2) is 7.19. The Hall–Kier alpha value is -1.79. The van der Waals surface area contributed by atoms with E-state index in [-0.39, 0.29) is 5.91 Å². The minimum atomic E-state index is 0.0222. The number of aromatic nitrogens is 1. The summed E-state index contributed by atoms with van der Waals surface area (Å²) in [6, 6.07) is 12.0. The summed E-state index contributed by atoms with van der Waals surface area (Å²) in [4.78, 5) is 13.4. The predicted molar refractivity (Wildman–Crippen MR) is 97.2 cm³/mol. The molecule has 2 heterocycles. The molecule has 0 aliphatic rings. The van der Waals surface area contributed by atoms with E-state index < -0.39 is 0 Å². The molecule has 4 nitrogen and oxygen atoms in total. The molecule has 0 aliphatic carbocycles. The van der Waals surface area contributed by atoms with Crippen LogP contribution in [0.25, 0.3) is 10.9 Å². The fraction of sp³-hybridized carbons (Fsp3) is 0.235. The van der Waals surface area contributed by atoms with Crippen molar-refractivity contribution in [1.82, 2.24) is 9.88 Å². The topological polar surface area (TPSA) is 43.3 Å². The van der Waals surface area contributed by atoms with Crippen LogP contribution in [-0.4, -0.2) is 24.1 Å². The Morgan fingerprint density at radius 1 is 1.30 bits per heavy atom. The zero-order valence-corrected chi connectivity index (χ0v) is 15.1. The third kappa shape index (κ3) is 3.95. The highest BCUT2D eigenvalue weighted by atomic mass is 79.9. The maximum absolute atomic E-state index is 12.1. The molecule has 1 N–H and O–H groups in total. The third-order valence-electron chi connectivity index (χ3n) is 3.61. The van der Waals surface area contributed by atoms with Crippen molar-refractivity contribution in [2.24, 2.45) is 0 Å². The highest BCUT2D eigenvalue weighted by molar-refractivity contribution is 9.11. The van der Waals surface area contributed by atoms with Gasteiger partial charge in [-0.15, -0.1) is 11.3 Å². The van der Waals surface area contributed by atoms with E-state index in [1.165, 1.54) is 4.88 Å². The summed E-state index contributed by atoms with van der Waals surface area (Å²) >= 11 is 5.14. The van der Waals surface area contributed by atoms with Crippen LogP contribution in [-0.2, 0) is 17.8 Å². The summed E-state index contributed by atoms with van der Waals surface area (Å²) in [7, 11) is 1.65. The van der Waals surface area contributed by atoms with E-state index in [4.69, 9.17) is 4.74 Å². The lowest BCUT2D eigenvalue weighted by atomic mass is 10.2. The van der Waals surface area contributed by atoms with Gasteiger partial charge in [0.05, 0.1) is 10.9 Å². The summed E-state index contributed by atoms with van der Waals surface area (Å²) in [6.45, 7) is 0.975. The molecular formula is C17H17BrN2O2S. The molecule has 3 aromatic rings. The van der Waals surface area contributed by atoms with Crippen LogP contribution in [0.15, 0.2) is 46.4 Å². The van der Waals surface area contributed by atoms with Gasteiger partial charge in [-0.05, 0) is 58.7 Å². The molecule has 1 amide bonds. The van der Waals surface area contributed by atoms with Gasteiger partial charge in [0.15, 0.2) is 0 Å². The Labute approximate surface area is 147 Å². The molecule has 6 heteroatoms. The maximum Gasteiger partial charge on any atom is 0.239 e. The van der Waals surface area contributed by atoms with Gasteiger partial charge < -0.3 is 14.6 Å². The minimum Gasteiger partial charge on any atom is -0.497 e. The lowest BCUT2D eigenvalue weighted by Gasteiger charge is -2.07. The molecule has 1 aromatic carbocycles. The highest BCUT2D eigenvalue weighted by Gasteiger charge is 2.07. The lowest BCUT2D eigenvalue weighted by Crippen LogP contribution is -2.29. The van der Waals surface area contributed by atoms with Gasteiger partial charge in [0.25, 0.3) is 0 Å². The number of halogens is 1. The normalized spacial score (nSPS) is 10.9. The second-order valence-electron chi connectivity index (χ2n) is 5.17. The summed E-state index contributed by atoms with van der Waals surface area (Å²) in [5.41, 5.74) is 1.03. The summed E-state index contributed by atoms with van der Waals surface area (Å²) < 4.78 is 8.29. The molecule has 0 radical (unpaired) electrons. The molecule has 0 saturated heterocycles. The molecule has 0 saturated carbocycles. The molecule has 3 rings (SSSR count). The Morgan fingerprint density at radius 3 is 2.91 bits per heavy atom. The number of hydrogen-bond acceptors (Lipinski definition) is 3. The van der Waals surface area contributed by atoms with E-state index in [2.05, 4.69) is 27.3 Å². The standard InChI is InChI=1S/C17H17BrN2O2S/c1-22-13-2-4-15-12(10-13)7-9-20(15)11-17(21)19-8-6-14-3-5-16(18)23-14/h2-5,7,9-10H,6,8,11H2,1H3,(H,19,21). The van der Waals surface area contributed by atoms with Crippen LogP contribution in [0.2, 0.25) is 0 Å². The number of thiophene rings is 1. The van der Waals surface area contributed by atoms with Crippen LogP contribution < -0.4 is 10.1 Å². The number of amides is 1. The number of ether oxygens (including phenoxy) is 1. The monoisotopic (exact) mass is 392 g/mol. The number of carbonyl (C=O) groups is 1. The quantitative estimate of drug-likeness (QED) is 0.692. The van der Waals surface area contributed by atoms with E-state index in [1.807, 2.05) is 41.1 Å². The van der Waals surface area contributed by atoms with Crippen molar-refractivity contribution in [3.8, 4) is 5.75 Å². The van der Waals surface area contributed by atoms with Gasteiger partial charge in [0.2, 0.25) is 5.91 Å². The zero-order valence-electron chi connectivity index (χ0n) is 12.7. The molecule has 23 heavy (non-hydrogen) atoms. The second-order valence-corrected chi connectivity index (χ2v) is 7.72. The van der Waals surface area contributed by atoms with Crippen LogP contribution in [0, 0.1) is 0 Å². The Balaban J connectivity index is 1.57. The average Bonchev–Trinajstić information content (AvgIpc) is 3.13. The fourth-order valence-electron chi connectivity index (χ4n) is 2.46. The van der Waals surface area contributed by atoms with Gasteiger partial charge in [0, 0.05) is 28.5 Å². The molecule has 0 aliphatic heterocycles. The maximum atomic E-state index is 12.1. The molecule has 0 fully saturated rings. The Bertz CT molecular complexity index is 825. The first-order valence-electron chi connectivity index (χ1n) is 7.29. The highest BCUT2D eigenvalue weighted by Crippen LogP contribution is 2.22. The van der Waals surface area contributed by atoms with Crippen LogP contribution in [0.1, 0.15) is 4.88 Å². The van der Waals surface area contributed by atoms with Crippen molar-refractivity contribution >= 4 is 44.1 Å². The number of nitrogens with zero attached hydrogens (tertiary/aromatic N) is 1. The number of fused-ring (bicyclic) bond motifs is 1. The molecule has 0 bridgehead atoms. The summed E-state index contributed by atoms with van der Waals surface area (Å²) in [6.07, 6.45) is 2.78. The molecule has 120 valence electrons. The lowest BCUT2D eigenvalue weighted by molar-refractivity contribution is -0.121. The summed E-state index contributed by atoms with van der Waals surface area (Å²) in [5.74, 6) is 0.843. The third-order valence-corrected chi connectivity index (χ3v) is 5.30. The van der Waals surface area contributed by atoms with E-state index in [1.54, 1.807) is 18.4 Å². The van der Waals surface area contributed by atoms with Crippen LogP contribution in [0.4, 0.5) is 0 Å². The largest absolute Gasteiger partial charge is 0.497 e. The first-order chi connectivity index (χ1) is 11.2. The van der Waals surface area contributed by atoms with Crippen molar-refractivity contribution in [3.05, 3.63) is 51.3 Å². The predicted octanol–water partition coefficient (Wildman–Crippen LogP) is 3.83. The van der Waals surface area contributed by atoms with Gasteiger partial charge in [-0.2, -0.15) is 0 Å². The first kappa shape index (κ1) is 16.1. The SMILES string of the molecule is COc1ccc2c(ccn2CC(=O)NCCc2ccc(Br)s2)c1. The molecule has 0 spiro atoms. The average molecular weight is 393 g/mol. The Kier molecular flexibility index (Phi) is 5.03. The van der Waals surface area contributed by atoms with E-state index >= 15 is 0 Å². The van der Waals surface area contributed by atoms with Gasteiger partial charge in [-0.25, -0.2) is 0 Å². The smallest absolute Gasteiger partial charge is 0.239 e. The number of methoxy groups -OCH3 is 1. The van der Waals surface area contributed by atoms with Gasteiger partial charge in [0.1, 0.15) is 12.3 Å². The van der Waals surface area contributed by atoms with Crippen molar-refractivity contribution in [1.29, 1.82) is 0 Å². The van der Waals surface area contributed by atoms with Crippen molar-refractivity contribution in [3.63, 3.8) is 0 Å². The van der Waals surface area contributed by atoms with Crippen molar-refractivity contribution < 1.29 is 9.53 Å². The molecule has 2 aromatic heterocycles. The summed E-state index contributed by atoms with van der Waals surface area (Å²) in [5, 5.41) is 4.04. The minimum absolute atomic E-state index is 0.0222. The van der Waals surface area contributed by atoms with Crippen LogP contribution in [0.5, 0.6) is 5.75 Å². The molecular weight excluding hydrogens is 376 g/mol. The van der Waals surface area contributed by atoms with Crippen molar-refractivity contribution in [2.45, 2.75) is 13.0 Å². The van der Waals surface area contributed by atoms with Gasteiger partial charge >= 0.3 is 0 Å².